The van der Waals surface area contributed by atoms with Gasteiger partial charge in [0.25, 0.3) is 5.91 Å². The molecule has 0 aliphatic rings. The lowest BCUT2D eigenvalue weighted by Crippen LogP contribution is -2.24. The summed E-state index contributed by atoms with van der Waals surface area (Å²) in [6.45, 7) is 3.98. The summed E-state index contributed by atoms with van der Waals surface area (Å²) in [7, 11) is 0. The number of rotatable bonds is 7. The zero-order valence-corrected chi connectivity index (χ0v) is 13.7. The minimum Gasteiger partial charge on any atom is -0.507 e. The summed E-state index contributed by atoms with van der Waals surface area (Å²) < 4.78 is 10.9. The zero-order valence-electron chi connectivity index (χ0n) is 13.7. The van der Waals surface area contributed by atoms with Crippen molar-refractivity contribution < 1.29 is 19.4 Å². The van der Waals surface area contributed by atoms with Gasteiger partial charge in [0.1, 0.15) is 5.75 Å². The van der Waals surface area contributed by atoms with Crippen molar-refractivity contribution in [1.82, 2.24) is 5.43 Å². The largest absolute Gasteiger partial charge is 0.507 e. The van der Waals surface area contributed by atoms with Crippen molar-refractivity contribution in [3.8, 4) is 17.2 Å². The number of aryl methyl sites for hydroxylation is 1. The Hall–Kier alpha value is -3.02. The smallest absolute Gasteiger partial charge is 0.277 e. The fourth-order valence-electron chi connectivity index (χ4n) is 1.98. The Labute approximate surface area is 140 Å². The quantitative estimate of drug-likeness (QED) is 0.605. The van der Waals surface area contributed by atoms with Crippen molar-refractivity contribution in [3.63, 3.8) is 0 Å². The molecule has 0 spiro atoms. The second kappa shape index (κ2) is 8.57. The van der Waals surface area contributed by atoms with Crippen LogP contribution in [0, 0.1) is 6.92 Å². The first kappa shape index (κ1) is 17.3. The summed E-state index contributed by atoms with van der Waals surface area (Å²) in [6.07, 6.45) is 1.38. The molecule has 2 rings (SSSR count). The van der Waals surface area contributed by atoms with E-state index >= 15 is 0 Å². The Kier molecular flexibility index (Phi) is 6.19. The van der Waals surface area contributed by atoms with Crippen LogP contribution in [0.2, 0.25) is 0 Å². The number of carbonyl (C=O) groups excluding carboxylic acids is 1. The van der Waals surface area contributed by atoms with Crippen molar-refractivity contribution in [1.29, 1.82) is 0 Å². The third kappa shape index (κ3) is 4.74. The Morgan fingerprint density at radius 2 is 1.88 bits per heavy atom. The van der Waals surface area contributed by atoms with Crippen LogP contribution >= 0.6 is 0 Å². The van der Waals surface area contributed by atoms with Gasteiger partial charge in [0, 0.05) is 5.56 Å². The summed E-state index contributed by atoms with van der Waals surface area (Å²) in [4.78, 5) is 11.8. The molecule has 0 bridgehead atoms. The van der Waals surface area contributed by atoms with Gasteiger partial charge in [-0.15, -0.1) is 0 Å². The molecule has 0 aliphatic carbocycles. The maximum Gasteiger partial charge on any atom is 0.277 e. The molecule has 6 nitrogen and oxygen atoms in total. The van der Waals surface area contributed by atoms with Crippen LogP contribution in [0.5, 0.6) is 17.2 Å². The lowest BCUT2D eigenvalue weighted by atomic mass is 10.1. The van der Waals surface area contributed by atoms with E-state index in [1.54, 1.807) is 43.3 Å². The normalized spacial score (nSPS) is 10.6. The number of hydrogen-bond acceptors (Lipinski definition) is 5. The van der Waals surface area contributed by atoms with Gasteiger partial charge >= 0.3 is 0 Å². The van der Waals surface area contributed by atoms with Crippen LogP contribution in [0.15, 0.2) is 47.6 Å². The van der Waals surface area contributed by atoms with E-state index in [1.165, 1.54) is 6.21 Å². The van der Waals surface area contributed by atoms with E-state index in [2.05, 4.69) is 10.5 Å². The van der Waals surface area contributed by atoms with Crippen LogP contribution in [0.25, 0.3) is 0 Å². The van der Waals surface area contributed by atoms with Gasteiger partial charge in [-0.05, 0) is 37.6 Å². The second-order valence-electron chi connectivity index (χ2n) is 4.97. The molecule has 2 N–H and O–H groups in total. The molecule has 1 amide bonds. The molecule has 126 valence electrons. The molecule has 0 heterocycles. The molecule has 0 radical (unpaired) electrons. The third-order valence-corrected chi connectivity index (χ3v) is 3.17. The number of carbonyl (C=O) groups is 1. The number of benzene rings is 2. The van der Waals surface area contributed by atoms with Gasteiger partial charge in [-0.25, -0.2) is 5.43 Å². The monoisotopic (exact) mass is 328 g/mol. The molecule has 2 aromatic carbocycles. The molecule has 0 aromatic heterocycles. The van der Waals surface area contributed by atoms with Gasteiger partial charge in [-0.2, -0.15) is 5.10 Å². The highest BCUT2D eigenvalue weighted by atomic mass is 16.5. The molecule has 24 heavy (non-hydrogen) atoms. The highest BCUT2D eigenvalue weighted by Gasteiger charge is 2.07. The first-order valence-corrected chi connectivity index (χ1v) is 7.57. The van der Waals surface area contributed by atoms with Gasteiger partial charge < -0.3 is 14.6 Å². The Bertz CT molecular complexity index is 729. The molecular formula is C18H20N2O4. The number of hydrazone groups is 1. The van der Waals surface area contributed by atoms with Crippen molar-refractivity contribution in [2.75, 3.05) is 13.2 Å². The highest BCUT2D eigenvalue weighted by Crippen LogP contribution is 2.26. The minimum absolute atomic E-state index is 0.136. The maximum absolute atomic E-state index is 11.8. The van der Waals surface area contributed by atoms with Crippen LogP contribution in [0.1, 0.15) is 18.1 Å². The first-order valence-electron chi connectivity index (χ1n) is 7.57. The van der Waals surface area contributed by atoms with Gasteiger partial charge in [0.15, 0.2) is 18.1 Å². The minimum atomic E-state index is -0.412. The fraction of sp³-hybridized carbons (Fsp3) is 0.222. The Morgan fingerprint density at radius 1 is 1.17 bits per heavy atom. The van der Waals surface area contributed by atoms with Crippen molar-refractivity contribution in [2.24, 2.45) is 5.10 Å². The molecule has 0 fully saturated rings. The number of nitrogens with one attached hydrogen (secondary N) is 1. The number of ether oxygens (including phenoxy) is 2. The van der Waals surface area contributed by atoms with Crippen LogP contribution < -0.4 is 14.9 Å². The van der Waals surface area contributed by atoms with Gasteiger partial charge in [-0.1, -0.05) is 24.3 Å². The molecule has 0 aliphatic heterocycles. The highest BCUT2D eigenvalue weighted by molar-refractivity contribution is 5.85. The van der Waals surface area contributed by atoms with E-state index in [0.29, 0.717) is 23.7 Å². The van der Waals surface area contributed by atoms with Crippen molar-refractivity contribution in [3.05, 3.63) is 53.6 Å². The van der Waals surface area contributed by atoms with Crippen molar-refractivity contribution >= 4 is 12.1 Å². The molecule has 6 heteroatoms. The number of amides is 1. The average Bonchev–Trinajstić information content (AvgIpc) is 2.58. The van der Waals surface area contributed by atoms with E-state index in [9.17, 15) is 9.90 Å². The number of aromatic hydroxyl groups is 1. The van der Waals surface area contributed by atoms with Crippen molar-refractivity contribution in [2.45, 2.75) is 13.8 Å². The molecule has 0 saturated heterocycles. The Morgan fingerprint density at radius 3 is 2.58 bits per heavy atom. The lowest BCUT2D eigenvalue weighted by Gasteiger charge is -2.10. The maximum atomic E-state index is 11.8. The van der Waals surface area contributed by atoms with E-state index in [0.717, 1.165) is 5.56 Å². The molecule has 2 aromatic rings. The van der Waals surface area contributed by atoms with E-state index < -0.39 is 5.91 Å². The first-order chi connectivity index (χ1) is 11.6. The predicted octanol–water partition coefficient (Wildman–Crippen LogP) is 2.63. The second-order valence-corrected chi connectivity index (χ2v) is 4.97. The van der Waals surface area contributed by atoms with Crippen LogP contribution in [-0.2, 0) is 4.79 Å². The molecule has 0 unspecified atom stereocenters. The van der Waals surface area contributed by atoms with E-state index in [1.807, 2.05) is 13.0 Å². The number of para-hydroxylation sites is 3. The van der Waals surface area contributed by atoms with Gasteiger partial charge in [0.05, 0.1) is 12.8 Å². The number of phenolic OH excluding ortho intramolecular Hbond substituents is 1. The summed E-state index contributed by atoms with van der Waals surface area (Å²) in [5.41, 5.74) is 3.62. The van der Waals surface area contributed by atoms with Gasteiger partial charge in [0.2, 0.25) is 0 Å². The molecule has 0 saturated carbocycles. The van der Waals surface area contributed by atoms with Crippen LogP contribution in [0.4, 0.5) is 0 Å². The molecule has 0 atom stereocenters. The fourth-order valence-corrected chi connectivity index (χ4v) is 1.98. The van der Waals surface area contributed by atoms with Crippen LogP contribution in [0.3, 0.4) is 0 Å². The summed E-state index contributed by atoms with van der Waals surface area (Å²) in [6, 6.07) is 12.4. The standard InChI is InChI=1S/C18H20N2O4/c1-3-23-15-9-4-5-10-16(15)24-12-17(21)20-19-11-14-8-6-7-13(2)18(14)22/h4-11,22H,3,12H2,1-2H3,(H,20,21). The number of phenols is 1. The van der Waals surface area contributed by atoms with Gasteiger partial charge in [-0.3, -0.25) is 4.79 Å². The summed E-state index contributed by atoms with van der Waals surface area (Å²) in [5, 5.41) is 13.7. The zero-order chi connectivity index (χ0) is 17.4. The van der Waals surface area contributed by atoms with E-state index in [-0.39, 0.29) is 12.4 Å². The molecular weight excluding hydrogens is 308 g/mol. The Balaban J connectivity index is 1.88. The van der Waals surface area contributed by atoms with Crippen LogP contribution in [-0.4, -0.2) is 30.4 Å². The topological polar surface area (TPSA) is 80.2 Å². The summed E-state index contributed by atoms with van der Waals surface area (Å²) in [5.74, 6) is 0.804. The number of hydrogen-bond donors (Lipinski definition) is 2. The third-order valence-electron chi connectivity index (χ3n) is 3.17. The number of nitrogens with zero attached hydrogens (tertiary/aromatic N) is 1. The summed E-state index contributed by atoms with van der Waals surface area (Å²) >= 11 is 0. The average molecular weight is 328 g/mol. The predicted molar refractivity (Wildman–Crippen MR) is 91.7 cm³/mol. The lowest BCUT2D eigenvalue weighted by molar-refractivity contribution is -0.123. The SMILES string of the molecule is CCOc1ccccc1OCC(=O)NN=Cc1cccc(C)c1O. The van der Waals surface area contributed by atoms with E-state index in [4.69, 9.17) is 9.47 Å².